The zero-order valence-electron chi connectivity index (χ0n) is 6.60. The van der Waals surface area contributed by atoms with E-state index in [1.54, 1.807) is 12.1 Å². The van der Waals surface area contributed by atoms with E-state index in [-0.39, 0.29) is 0 Å². The largest absolute Gasteiger partial charge is 0.481 e. The lowest BCUT2D eigenvalue weighted by Crippen LogP contribution is -2.07. The highest BCUT2D eigenvalue weighted by Gasteiger charge is 2.14. The van der Waals surface area contributed by atoms with E-state index in [2.05, 4.69) is 6.58 Å². The van der Waals surface area contributed by atoms with Crippen molar-refractivity contribution in [3.05, 3.63) is 48.6 Å². The second-order valence-electron chi connectivity index (χ2n) is 2.46. The molecule has 0 saturated carbocycles. The second kappa shape index (κ2) is 3.72. The van der Waals surface area contributed by atoms with E-state index < -0.39 is 11.9 Å². The summed E-state index contributed by atoms with van der Waals surface area (Å²) >= 11 is 0. The van der Waals surface area contributed by atoms with Crippen LogP contribution in [0.4, 0.5) is 0 Å². The Bertz CT molecular complexity index is 277. The summed E-state index contributed by atoms with van der Waals surface area (Å²) in [4.78, 5) is 10.7. The minimum Gasteiger partial charge on any atom is -0.481 e. The fraction of sp³-hybridized carbons (Fsp3) is 0.100. The quantitative estimate of drug-likeness (QED) is 0.690. The molecule has 0 aliphatic rings. The Morgan fingerprint density at radius 1 is 1.42 bits per heavy atom. The molecule has 2 nitrogen and oxygen atoms in total. The van der Waals surface area contributed by atoms with Gasteiger partial charge in [0.05, 0.1) is 5.92 Å². The Morgan fingerprint density at radius 2 is 2.00 bits per heavy atom. The Hall–Kier alpha value is -1.57. The number of rotatable bonds is 3. The number of carbonyl (C=O) groups is 1. The lowest BCUT2D eigenvalue weighted by atomic mass is 10.00. The van der Waals surface area contributed by atoms with Gasteiger partial charge in [0.25, 0.3) is 0 Å². The average Bonchev–Trinajstić information content (AvgIpc) is 2.07. The Kier molecular flexibility index (Phi) is 2.64. The number of benzene rings is 1. The van der Waals surface area contributed by atoms with E-state index in [0.29, 0.717) is 0 Å². The zero-order valence-corrected chi connectivity index (χ0v) is 6.60. The first kappa shape index (κ1) is 8.53. The van der Waals surface area contributed by atoms with Gasteiger partial charge in [-0.25, -0.2) is 0 Å². The van der Waals surface area contributed by atoms with Crippen LogP contribution in [-0.4, -0.2) is 11.1 Å². The molecular weight excluding hydrogens is 152 g/mol. The first-order valence-electron chi connectivity index (χ1n) is 3.66. The summed E-state index contributed by atoms with van der Waals surface area (Å²) < 4.78 is 0. The highest BCUT2D eigenvalue weighted by atomic mass is 16.4. The molecule has 1 rings (SSSR count). The van der Waals surface area contributed by atoms with Crippen LogP contribution in [0.25, 0.3) is 0 Å². The highest BCUT2D eigenvalue weighted by Crippen LogP contribution is 2.15. The predicted octanol–water partition coefficient (Wildman–Crippen LogP) is 2.04. The van der Waals surface area contributed by atoms with Crippen LogP contribution in [0.5, 0.6) is 0 Å². The lowest BCUT2D eigenvalue weighted by Gasteiger charge is -2.05. The maximum atomic E-state index is 10.7. The molecule has 0 aliphatic carbocycles. The molecule has 0 bridgehead atoms. The molecule has 0 aliphatic heterocycles. The molecule has 0 unspecified atom stereocenters. The molecule has 1 aromatic rings. The summed E-state index contributed by atoms with van der Waals surface area (Å²) in [6, 6.07) is 9.04. The molecule has 12 heavy (non-hydrogen) atoms. The average molecular weight is 162 g/mol. The lowest BCUT2D eigenvalue weighted by molar-refractivity contribution is -0.137. The van der Waals surface area contributed by atoms with Gasteiger partial charge in [0.15, 0.2) is 0 Å². The molecule has 2 heteroatoms. The van der Waals surface area contributed by atoms with Crippen LogP contribution in [0.2, 0.25) is 0 Å². The molecule has 0 amide bonds. The normalized spacial score (nSPS) is 12.0. The Morgan fingerprint density at radius 3 is 2.42 bits per heavy atom. The predicted molar refractivity (Wildman–Crippen MR) is 47.0 cm³/mol. The smallest absolute Gasteiger partial charge is 0.314 e. The molecule has 0 saturated heterocycles. The van der Waals surface area contributed by atoms with E-state index >= 15 is 0 Å². The molecule has 1 aromatic carbocycles. The maximum absolute atomic E-state index is 10.7. The summed E-state index contributed by atoms with van der Waals surface area (Å²) in [5.41, 5.74) is 0.764. The van der Waals surface area contributed by atoms with Gasteiger partial charge in [-0.1, -0.05) is 36.4 Å². The topological polar surface area (TPSA) is 37.3 Å². The van der Waals surface area contributed by atoms with Gasteiger partial charge in [-0.15, -0.1) is 6.58 Å². The number of aliphatic carboxylic acids is 1. The van der Waals surface area contributed by atoms with E-state index in [4.69, 9.17) is 5.11 Å². The highest BCUT2D eigenvalue weighted by molar-refractivity contribution is 5.78. The van der Waals surface area contributed by atoms with Gasteiger partial charge in [0.2, 0.25) is 0 Å². The third-order valence-corrected chi connectivity index (χ3v) is 1.66. The molecule has 62 valence electrons. The fourth-order valence-electron chi connectivity index (χ4n) is 1.04. The third kappa shape index (κ3) is 1.72. The summed E-state index contributed by atoms with van der Waals surface area (Å²) in [7, 11) is 0. The maximum Gasteiger partial charge on any atom is 0.314 e. The number of carboxylic acid groups (broad SMARTS) is 1. The van der Waals surface area contributed by atoms with Gasteiger partial charge in [0.1, 0.15) is 0 Å². The van der Waals surface area contributed by atoms with Gasteiger partial charge in [-0.3, -0.25) is 4.79 Å². The van der Waals surface area contributed by atoms with Crippen LogP contribution >= 0.6 is 0 Å². The van der Waals surface area contributed by atoms with Crippen molar-refractivity contribution in [1.82, 2.24) is 0 Å². The summed E-state index contributed by atoms with van der Waals surface area (Å²) in [6.07, 6.45) is 1.43. The second-order valence-corrected chi connectivity index (χ2v) is 2.46. The van der Waals surface area contributed by atoms with Crippen molar-refractivity contribution in [2.75, 3.05) is 0 Å². The van der Waals surface area contributed by atoms with Crippen molar-refractivity contribution in [3.63, 3.8) is 0 Å². The van der Waals surface area contributed by atoms with Gasteiger partial charge in [0, 0.05) is 0 Å². The third-order valence-electron chi connectivity index (χ3n) is 1.66. The zero-order chi connectivity index (χ0) is 8.97. The van der Waals surface area contributed by atoms with Crippen LogP contribution in [0.1, 0.15) is 11.5 Å². The first-order valence-corrected chi connectivity index (χ1v) is 3.66. The molecule has 0 aromatic heterocycles. The van der Waals surface area contributed by atoms with Crippen molar-refractivity contribution < 1.29 is 9.90 Å². The van der Waals surface area contributed by atoms with E-state index in [9.17, 15) is 4.79 Å². The van der Waals surface area contributed by atoms with Crippen molar-refractivity contribution in [1.29, 1.82) is 0 Å². The van der Waals surface area contributed by atoms with Gasteiger partial charge >= 0.3 is 5.97 Å². The molecule has 0 spiro atoms. The number of carboxylic acids is 1. The molecule has 1 N–H and O–H groups in total. The van der Waals surface area contributed by atoms with Crippen LogP contribution < -0.4 is 0 Å². The van der Waals surface area contributed by atoms with Crippen molar-refractivity contribution in [2.24, 2.45) is 0 Å². The first-order chi connectivity index (χ1) is 5.75. The van der Waals surface area contributed by atoms with E-state index in [1.165, 1.54) is 6.08 Å². The van der Waals surface area contributed by atoms with Crippen LogP contribution in [0.15, 0.2) is 43.0 Å². The van der Waals surface area contributed by atoms with E-state index in [0.717, 1.165) is 5.56 Å². The number of hydrogen-bond acceptors (Lipinski definition) is 1. The fourth-order valence-corrected chi connectivity index (χ4v) is 1.04. The van der Waals surface area contributed by atoms with Crippen LogP contribution in [0.3, 0.4) is 0 Å². The summed E-state index contributed by atoms with van der Waals surface area (Å²) in [5.74, 6) is -1.46. The van der Waals surface area contributed by atoms with Crippen molar-refractivity contribution in [2.45, 2.75) is 5.92 Å². The molecule has 0 radical (unpaired) electrons. The van der Waals surface area contributed by atoms with Crippen molar-refractivity contribution in [3.8, 4) is 0 Å². The van der Waals surface area contributed by atoms with Gasteiger partial charge in [-0.05, 0) is 5.56 Å². The minimum atomic E-state index is -0.865. The monoisotopic (exact) mass is 162 g/mol. The van der Waals surface area contributed by atoms with Gasteiger partial charge in [-0.2, -0.15) is 0 Å². The molecule has 0 fully saturated rings. The molecule has 1 atom stereocenters. The van der Waals surface area contributed by atoms with Crippen LogP contribution in [0, 0.1) is 0 Å². The Balaban J connectivity index is 2.95. The molecule has 0 heterocycles. The van der Waals surface area contributed by atoms with Crippen molar-refractivity contribution >= 4 is 5.97 Å². The molecular formula is C10H10O2. The SMILES string of the molecule is C=C[C@H](C(=O)O)c1ccccc1. The Labute approximate surface area is 71.2 Å². The summed E-state index contributed by atoms with van der Waals surface area (Å²) in [5, 5.41) is 8.76. The summed E-state index contributed by atoms with van der Waals surface area (Å²) in [6.45, 7) is 3.48. The standard InChI is InChI=1S/C10H10O2/c1-2-9(10(11)12)8-6-4-3-5-7-8/h2-7,9H,1H2,(H,11,12)/t9-/m0/s1. The minimum absolute atomic E-state index is 0.591. The number of hydrogen-bond donors (Lipinski definition) is 1. The van der Waals surface area contributed by atoms with Gasteiger partial charge < -0.3 is 5.11 Å². The van der Waals surface area contributed by atoms with Crippen LogP contribution in [-0.2, 0) is 4.79 Å². The van der Waals surface area contributed by atoms with E-state index in [1.807, 2.05) is 18.2 Å².